The summed E-state index contributed by atoms with van der Waals surface area (Å²) in [7, 11) is 0. The van der Waals surface area contributed by atoms with E-state index in [0.29, 0.717) is 10.9 Å². The zero-order valence-electron chi connectivity index (χ0n) is 10.4. The molecule has 1 aromatic rings. The molecular formula is C15H21ClO. The van der Waals surface area contributed by atoms with Crippen molar-refractivity contribution in [1.29, 1.82) is 0 Å². The molecule has 1 aromatic carbocycles. The molecule has 1 fully saturated rings. The van der Waals surface area contributed by atoms with Crippen LogP contribution >= 0.6 is 11.6 Å². The number of benzene rings is 1. The smallest absolute Gasteiger partial charge is 0.0832 e. The molecule has 0 spiro atoms. The van der Waals surface area contributed by atoms with E-state index in [1.54, 1.807) is 0 Å². The average molecular weight is 253 g/mol. The first-order valence-electron chi connectivity index (χ1n) is 6.64. The Labute approximate surface area is 109 Å². The van der Waals surface area contributed by atoms with Gasteiger partial charge in [0.25, 0.3) is 0 Å². The molecule has 2 heteroatoms. The number of rotatable bonds is 3. The zero-order valence-corrected chi connectivity index (χ0v) is 11.2. The Morgan fingerprint density at radius 3 is 2.47 bits per heavy atom. The molecule has 2 rings (SSSR count). The van der Waals surface area contributed by atoms with Crippen molar-refractivity contribution in [2.45, 2.75) is 45.1 Å². The van der Waals surface area contributed by atoms with E-state index in [9.17, 15) is 5.11 Å². The molecule has 0 saturated heterocycles. The lowest BCUT2D eigenvalue weighted by molar-refractivity contribution is 0.0730. The molecule has 0 heterocycles. The van der Waals surface area contributed by atoms with Gasteiger partial charge in [-0.05, 0) is 36.3 Å². The Kier molecular flexibility index (Phi) is 4.47. The van der Waals surface area contributed by atoms with Crippen LogP contribution < -0.4 is 0 Å². The Morgan fingerprint density at radius 2 is 1.88 bits per heavy atom. The van der Waals surface area contributed by atoms with E-state index in [1.165, 1.54) is 19.3 Å². The largest absolute Gasteiger partial charge is 0.388 e. The fourth-order valence-corrected chi connectivity index (χ4v) is 3.13. The Hall–Kier alpha value is -0.530. The maximum Gasteiger partial charge on any atom is 0.0832 e. The molecule has 0 aliphatic heterocycles. The van der Waals surface area contributed by atoms with Crippen LogP contribution in [0.25, 0.3) is 0 Å². The standard InChI is InChI=1S/C15H21ClO/c1-2-11-7-9-12(10-8-11)15(17)13-5-3-4-6-14(13)16/h3-6,11-12,15,17H,2,7-10H2,1H3. The highest BCUT2D eigenvalue weighted by atomic mass is 35.5. The fourth-order valence-electron chi connectivity index (χ4n) is 2.88. The first-order valence-corrected chi connectivity index (χ1v) is 7.02. The van der Waals surface area contributed by atoms with E-state index in [4.69, 9.17) is 11.6 Å². The quantitative estimate of drug-likeness (QED) is 0.834. The third-order valence-electron chi connectivity index (χ3n) is 4.14. The third-order valence-corrected chi connectivity index (χ3v) is 4.48. The molecule has 1 aliphatic rings. The molecule has 1 saturated carbocycles. The second-order valence-electron chi connectivity index (χ2n) is 5.16. The lowest BCUT2D eigenvalue weighted by Crippen LogP contribution is -2.20. The van der Waals surface area contributed by atoms with E-state index < -0.39 is 0 Å². The highest BCUT2D eigenvalue weighted by Crippen LogP contribution is 2.39. The predicted octanol–water partition coefficient (Wildman–Crippen LogP) is 4.59. The summed E-state index contributed by atoms with van der Waals surface area (Å²) in [4.78, 5) is 0. The minimum absolute atomic E-state index is 0.387. The molecule has 0 radical (unpaired) electrons. The lowest BCUT2D eigenvalue weighted by Gasteiger charge is -2.31. The molecule has 94 valence electrons. The summed E-state index contributed by atoms with van der Waals surface area (Å²) < 4.78 is 0. The molecule has 1 nitrogen and oxygen atoms in total. The van der Waals surface area contributed by atoms with Crippen LogP contribution in [0.3, 0.4) is 0 Å². The van der Waals surface area contributed by atoms with E-state index in [0.717, 1.165) is 24.3 Å². The van der Waals surface area contributed by atoms with Crippen LogP contribution in [0.2, 0.25) is 5.02 Å². The molecule has 17 heavy (non-hydrogen) atoms. The number of aliphatic hydroxyl groups is 1. The van der Waals surface area contributed by atoms with E-state index in [1.807, 2.05) is 24.3 Å². The third kappa shape index (κ3) is 3.02. The monoisotopic (exact) mass is 252 g/mol. The number of hydrogen-bond acceptors (Lipinski definition) is 1. The molecule has 0 aromatic heterocycles. The fraction of sp³-hybridized carbons (Fsp3) is 0.600. The van der Waals surface area contributed by atoms with Gasteiger partial charge in [-0.25, -0.2) is 0 Å². The predicted molar refractivity (Wildman–Crippen MR) is 72.2 cm³/mol. The van der Waals surface area contributed by atoms with Gasteiger partial charge in [0, 0.05) is 5.02 Å². The summed E-state index contributed by atoms with van der Waals surface area (Å²) in [5, 5.41) is 11.1. The maximum atomic E-state index is 10.4. The summed E-state index contributed by atoms with van der Waals surface area (Å²) in [6.07, 6.45) is 5.65. The van der Waals surface area contributed by atoms with Crippen LogP contribution in [0.1, 0.15) is 50.7 Å². The van der Waals surface area contributed by atoms with Crippen molar-refractivity contribution in [1.82, 2.24) is 0 Å². The van der Waals surface area contributed by atoms with Crippen molar-refractivity contribution < 1.29 is 5.11 Å². The molecule has 1 atom stereocenters. The maximum absolute atomic E-state index is 10.4. The Morgan fingerprint density at radius 1 is 1.24 bits per heavy atom. The second-order valence-corrected chi connectivity index (χ2v) is 5.56. The van der Waals surface area contributed by atoms with Crippen LogP contribution in [0, 0.1) is 11.8 Å². The van der Waals surface area contributed by atoms with Gasteiger partial charge in [0.2, 0.25) is 0 Å². The minimum atomic E-state index is -0.387. The Bertz CT molecular complexity index is 356. The van der Waals surface area contributed by atoms with Crippen LogP contribution in [-0.2, 0) is 0 Å². The van der Waals surface area contributed by atoms with Gasteiger partial charge in [-0.15, -0.1) is 0 Å². The Balaban J connectivity index is 2.02. The van der Waals surface area contributed by atoms with Gasteiger partial charge < -0.3 is 5.11 Å². The molecule has 1 unspecified atom stereocenters. The van der Waals surface area contributed by atoms with Gasteiger partial charge in [0.15, 0.2) is 0 Å². The van der Waals surface area contributed by atoms with Crippen LogP contribution in [0.15, 0.2) is 24.3 Å². The van der Waals surface area contributed by atoms with Crippen molar-refractivity contribution in [2.75, 3.05) is 0 Å². The highest BCUT2D eigenvalue weighted by molar-refractivity contribution is 6.31. The van der Waals surface area contributed by atoms with Crippen LogP contribution in [-0.4, -0.2) is 5.11 Å². The normalized spacial score (nSPS) is 26.8. The molecule has 0 amide bonds. The van der Waals surface area contributed by atoms with Crippen molar-refractivity contribution in [2.24, 2.45) is 11.8 Å². The first kappa shape index (κ1) is 12.9. The van der Waals surface area contributed by atoms with Gasteiger partial charge >= 0.3 is 0 Å². The number of aliphatic hydroxyl groups excluding tert-OH is 1. The van der Waals surface area contributed by atoms with Gasteiger partial charge in [-0.2, -0.15) is 0 Å². The molecular weight excluding hydrogens is 232 g/mol. The SMILES string of the molecule is CCC1CCC(C(O)c2ccccc2Cl)CC1. The van der Waals surface area contributed by atoms with Crippen LogP contribution in [0.5, 0.6) is 0 Å². The number of halogens is 1. The van der Waals surface area contributed by atoms with E-state index in [2.05, 4.69) is 6.92 Å². The molecule has 0 bridgehead atoms. The first-order chi connectivity index (χ1) is 8.22. The second kappa shape index (κ2) is 5.88. The van der Waals surface area contributed by atoms with Crippen molar-refractivity contribution >= 4 is 11.6 Å². The van der Waals surface area contributed by atoms with Gasteiger partial charge in [0.1, 0.15) is 0 Å². The van der Waals surface area contributed by atoms with E-state index >= 15 is 0 Å². The van der Waals surface area contributed by atoms with Crippen molar-refractivity contribution in [3.8, 4) is 0 Å². The van der Waals surface area contributed by atoms with Gasteiger partial charge in [-0.1, -0.05) is 56.0 Å². The average Bonchev–Trinajstić information content (AvgIpc) is 2.39. The van der Waals surface area contributed by atoms with Crippen LogP contribution in [0.4, 0.5) is 0 Å². The topological polar surface area (TPSA) is 20.2 Å². The molecule has 1 aliphatic carbocycles. The molecule has 1 N–H and O–H groups in total. The highest BCUT2D eigenvalue weighted by Gasteiger charge is 2.27. The lowest BCUT2D eigenvalue weighted by atomic mass is 9.77. The summed E-state index contributed by atoms with van der Waals surface area (Å²) >= 11 is 6.13. The van der Waals surface area contributed by atoms with Crippen molar-refractivity contribution in [3.63, 3.8) is 0 Å². The summed E-state index contributed by atoms with van der Waals surface area (Å²) in [5.74, 6) is 1.25. The minimum Gasteiger partial charge on any atom is -0.388 e. The number of hydrogen-bond donors (Lipinski definition) is 1. The summed E-state index contributed by atoms with van der Waals surface area (Å²) in [5.41, 5.74) is 0.897. The van der Waals surface area contributed by atoms with Crippen molar-refractivity contribution in [3.05, 3.63) is 34.9 Å². The van der Waals surface area contributed by atoms with E-state index in [-0.39, 0.29) is 6.10 Å². The summed E-state index contributed by atoms with van der Waals surface area (Å²) in [6, 6.07) is 7.66. The summed E-state index contributed by atoms with van der Waals surface area (Å²) in [6.45, 7) is 2.26. The van der Waals surface area contributed by atoms with Gasteiger partial charge in [-0.3, -0.25) is 0 Å². The zero-order chi connectivity index (χ0) is 12.3. The van der Waals surface area contributed by atoms with Gasteiger partial charge in [0.05, 0.1) is 6.10 Å².